The van der Waals surface area contributed by atoms with Crippen LogP contribution in [0.1, 0.15) is 12.1 Å². The first-order chi connectivity index (χ1) is 13.7. The number of aromatic nitrogens is 1. The molecule has 7 nitrogen and oxygen atoms in total. The van der Waals surface area contributed by atoms with Crippen LogP contribution in [0, 0.1) is 5.92 Å². The highest BCUT2D eigenvalue weighted by atomic mass is 16.5. The fourth-order valence-corrected chi connectivity index (χ4v) is 3.68. The number of rotatable bonds is 5. The lowest BCUT2D eigenvalue weighted by molar-refractivity contribution is -0.128. The predicted molar refractivity (Wildman–Crippen MR) is 106 cm³/mol. The van der Waals surface area contributed by atoms with Crippen molar-refractivity contribution < 1.29 is 14.3 Å². The van der Waals surface area contributed by atoms with Gasteiger partial charge in [-0.15, -0.1) is 0 Å². The van der Waals surface area contributed by atoms with E-state index >= 15 is 0 Å². The summed E-state index contributed by atoms with van der Waals surface area (Å²) in [6.07, 6.45) is 1.95. The van der Waals surface area contributed by atoms with E-state index in [1.165, 1.54) is 0 Å². The molecule has 0 radical (unpaired) electrons. The topological polar surface area (TPSA) is 74.8 Å². The van der Waals surface area contributed by atoms with Crippen LogP contribution in [0.3, 0.4) is 0 Å². The summed E-state index contributed by atoms with van der Waals surface area (Å²) in [5.74, 6) is -0.473. The van der Waals surface area contributed by atoms with Crippen LogP contribution >= 0.6 is 0 Å². The maximum atomic E-state index is 12.8. The SMILES string of the molecule is O=C(Nc1ccccc1N1CCOCC1)C1CC(=O)N(Cc2ccccn2)C1. The normalized spacial score (nSPS) is 19.7. The lowest BCUT2D eigenvalue weighted by atomic mass is 10.1. The number of hydrogen-bond acceptors (Lipinski definition) is 5. The van der Waals surface area contributed by atoms with Crippen molar-refractivity contribution in [1.82, 2.24) is 9.88 Å². The molecule has 2 aromatic rings. The molecule has 2 fully saturated rings. The van der Waals surface area contributed by atoms with E-state index in [9.17, 15) is 9.59 Å². The molecule has 1 unspecified atom stereocenters. The van der Waals surface area contributed by atoms with Crippen LogP contribution in [0.15, 0.2) is 48.7 Å². The Morgan fingerprint density at radius 2 is 1.93 bits per heavy atom. The van der Waals surface area contributed by atoms with Crippen molar-refractivity contribution in [2.24, 2.45) is 5.92 Å². The molecule has 2 aliphatic rings. The highest BCUT2D eigenvalue weighted by molar-refractivity contribution is 5.99. The molecule has 2 saturated heterocycles. The second-order valence-corrected chi connectivity index (χ2v) is 7.10. The Kier molecular flexibility index (Phi) is 5.53. The average molecular weight is 380 g/mol. The van der Waals surface area contributed by atoms with Crippen LogP contribution in [0.5, 0.6) is 0 Å². The van der Waals surface area contributed by atoms with Crippen molar-refractivity contribution in [3.8, 4) is 0 Å². The van der Waals surface area contributed by atoms with Crippen LogP contribution in [0.2, 0.25) is 0 Å². The molecule has 7 heteroatoms. The van der Waals surface area contributed by atoms with Gasteiger partial charge in [-0.25, -0.2) is 0 Å². The van der Waals surface area contributed by atoms with Gasteiger partial charge in [-0.2, -0.15) is 0 Å². The van der Waals surface area contributed by atoms with Gasteiger partial charge in [-0.1, -0.05) is 18.2 Å². The summed E-state index contributed by atoms with van der Waals surface area (Å²) in [6, 6.07) is 13.4. The molecular weight excluding hydrogens is 356 g/mol. The summed E-state index contributed by atoms with van der Waals surface area (Å²) in [5, 5.41) is 3.04. The standard InChI is InChI=1S/C21H24N4O3/c26-20-13-16(14-25(20)15-17-5-3-4-8-22-17)21(27)23-18-6-1-2-7-19(18)24-9-11-28-12-10-24/h1-8,16H,9-15H2,(H,23,27). The molecule has 2 aliphatic heterocycles. The number of para-hydroxylation sites is 2. The third-order valence-electron chi connectivity index (χ3n) is 5.18. The number of carbonyl (C=O) groups is 2. The van der Waals surface area contributed by atoms with Gasteiger partial charge < -0.3 is 19.9 Å². The zero-order valence-electron chi connectivity index (χ0n) is 15.7. The van der Waals surface area contributed by atoms with Crippen LogP contribution in [0.4, 0.5) is 11.4 Å². The molecule has 0 spiro atoms. The number of anilines is 2. The molecule has 0 aliphatic carbocycles. The summed E-state index contributed by atoms with van der Waals surface area (Å²) in [4.78, 5) is 33.4. The Labute approximate surface area is 164 Å². The van der Waals surface area contributed by atoms with Gasteiger partial charge in [0.1, 0.15) is 0 Å². The van der Waals surface area contributed by atoms with Gasteiger partial charge in [0.15, 0.2) is 0 Å². The largest absolute Gasteiger partial charge is 0.378 e. The van der Waals surface area contributed by atoms with E-state index in [0.717, 1.165) is 30.2 Å². The summed E-state index contributed by atoms with van der Waals surface area (Å²) >= 11 is 0. The predicted octanol–water partition coefficient (Wildman–Crippen LogP) is 1.91. The Balaban J connectivity index is 1.41. The van der Waals surface area contributed by atoms with E-state index in [-0.39, 0.29) is 24.2 Å². The van der Waals surface area contributed by atoms with Crippen molar-refractivity contribution in [1.29, 1.82) is 0 Å². The number of amides is 2. The third-order valence-corrected chi connectivity index (χ3v) is 5.18. The first kappa shape index (κ1) is 18.4. The second kappa shape index (κ2) is 8.39. The monoisotopic (exact) mass is 380 g/mol. The van der Waals surface area contributed by atoms with Crippen molar-refractivity contribution in [2.75, 3.05) is 43.1 Å². The molecular formula is C21H24N4O3. The minimum atomic E-state index is -0.353. The van der Waals surface area contributed by atoms with Crippen molar-refractivity contribution in [3.05, 3.63) is 54.4 Å². The van der Waals surface area contributed by atoms with Gasteiger partial charge in [-0.3, -0.25) is 14.6 Å². The van der Waals surface area contributed by atoms with Crippen molar-refractivity contribution in [2.45, 2.75) is 13.0 Å². The number of benzene rings is 1. The highest BCUT2D eigenvalue weighted by Gasteiger charge is 2.34. The molecule has 1 aromatic carbocycles. The Hall–Kier alpha value is -2.93. The zero-order chi connectivity index (χ0) is 19.3. The first-order valence-electron chi connectivity index (χ1n) is 9.61. The molecule has 1 atom stereocenters. The molecule has 2 amide bonds. The smallest absolute Gasteiger partial charge is 0.229 e. The minimum Gasteiger partial charge on any atom is -0.378 e. The van der Waals surface area contributed by atoms with Gasteiger partial charge in [0.05, 0.1) is 42.7 Å². The number of hydrogen-bond donors (Lipinski definition) is 1. The fourth-order valence-electron chi connectivity index (χ4n) is 3.68. The average Bonchev–Trinajstić information content (AvgIpc) is 3.10. The van der Waals surface area contributed by atoms with E-state index < -0.39 is 0 Å². The Morgan fingerprint density at radius 1 is 1.14 bits per heavy atom. The minimum absolute atomic E-state index is 0.00716. The fraction of sp³-hybridized carbons (Fsp3) is 0.381. The van der Waals surface area contributed by atoms with Crippen LogP contribution in [0.25, 0.3) is 0 Å². The number of ether oxygens (including phenoxy) is 1. The number of nitrogens with zero attached hydrogens (tertiary/aromatic N) is 3. The summed E-state index contributed by atoms with van der Waals surface area (Å²) in [7, 11) is 0. The first-order valence-corrected chi connectivity index (χ1v) is 9.61. The Morgan fingerprint density at radius 3 is 2.71 bits per heavy atom. The molecule has 3 heterocycles. The Bertz CT molecular complexity index is 837. The molecule has 146 valence electrons. The molecule has 1 N–H and O–H groups in total. The van der Waals surface area contributed by atoms with E-state index in [1.807, 2.05) is 42.5 Å². The number of likely N-dealkylation sites (tertiary alicyclic amines) is 1. The van der Waals surface area contributed by atoms with E-state index in [2.05, 4.69) is 15.2 Å². The van der Waals surface area contributed by atoms with Crippen LogP contribution < -0.4 is 10.2 Å². The summed E-state index contributed by atoms with van der Waals surface area (Å²) < 4.78 is 5.42. The van der Waals surface area contributed by atoms with E-state index in [4.69, 9.17) is 4.74 Å². The third kappa shape index (κ3) is 4.14. The van der Waals surface area contributed by atoms with Crippen LogP contribution in [-0.2, 0) is 20.9 Å². The van der Waals surface area contributed by atoms with E-state index in [1.54, 1.807) is 11.1 Å². The second-order valence-electron chi connectivity index (χ2n) is 7.10. The number of pyridine rings is 1. The summed E-state index contributed by atoms with van der Waals surface area (Å²) in [5.41, 5.74) is 2.61. The molecule has 28 heavy (non-hydrogen) atoms. The van der Waals surface area contributed by atoms with E-state index in [0.29, 0.717) is 26.3 Å². The van der Waals surface area contributed by atoms with Gasteiger partial charge >= 0.3 is 0 Å². The van der Waals surface area contributed by atoms with Gasteiger partial charge in [-0.05, 0) is 24.3 Å². The zero-order valence-corrected chi connectivity index (χ0v) is 15.7. The number of morpholine rings is 1. The molecule has 0 bridgehead atoms. The van der Waals surface area contributed by atoms with Gasteiger partial charge in [0.2, 0.25) is 11.8 Å². The molecule has 0 saturated carbocycles. The lowest BCUT2D eigenvalue weighted by Crippen LogP contribution is -2.37. The quantitative estimate of drug-likeness (QED) is 0.858. The highest BCUT2D eigenvalue weighted by Crippen LogP contribution is 2.28. The van der Waals surface area contributed by atoms with Gasteiger partial charge in [0, 0.05) is 32.3 Å². The van der Waals surface area contributed by atoms with Gasteiger partial charge in [0.25, 0.3) is 0 Å². The molecule has 1 aromatic heterocycles. The van der Waals surface area contributed by atoms with Crippen molar-refractivity contribution >= 4 is 23.2 Å². The maximum Gasteiger partial charge on any atom is 0.229 e. The van der Waals surface area contributed by atoms with Crippen molar-refractivity contribution in [3.63, 3.8) is 0 Å². The number of carbonyl (C=O) groups excluding carboxylic acids is 2. The van der Waals surface area contributed by atoms with Crippen LogP contribution in [-0.4, -0.2) is 54.5 Å². The lowest BCUT2D eigenvalue weighted by Gasteiger charge is -2.30. The number of nitrogens with one attached hydrogen (secondary N) is 1. The summed E-state index contributed by atoms with van der Waals surface area (Å²) in [6.45, 7) is 3.82. The maximum absolute atomic E-state index is 12.8. The molecule has 4 rings (SSSR count).